The maximum absolute atomic E-state index is 13.2. The van der Waals surface area contributed by atoms with Gasteiger partial charge in [0.2, 0.25) is 0 Å². The zero-order chi connectivity index (χ0) is 22.9. The molecular weight excluding hydrogens is 448 g/mol. The lowest BCUT2D eigenvalue weighted by Crippen LogP contribution is -2.51. The van der Waals surface area contributed by atoms with E-state index in [1.807, 2.05) is 48.5 Å². The molecule has 1 aromatic heterocycles. The van der Waals surface area contributed by atoms with Crippen LogP contribution in [-0.4, -0.2) is 27.5 Å². The molecule has 0 saturated carbocycles. The Hall–Kier alpha value is -3.16. The number of benzene rings is 3. The molecule has 0 aliphatic rings. The molecule has 1 amide bonds. The number of halogens is 1. The van der Waals surface area contributed by atoms with Gasteiger partial charge in [-0.25, -0.2) is 9.78 Å². The minimum atomic E-state index is -1.42. The number of ether oxygens (including phenoxy) is 1. The Balaban J connectivity index is 1.74. The van der Waals surface area contributed by atoms with Gasteiger partial charge in [0.15, 0.2) is 0 Å². The first-order valence-corrected chi connectivity index (χ1v) is 11.3. The van der Waals surface area contributed by atoms with Crippen molar-refractivity contribution in [1.29, 1.82) is 0 Å². The van der Waals surface area contributed by atoms with Gasteiger partial charge in [0, 0.05) is 15.8 Å². The summed E-state index contributed by atoms with van der Waals surface area (Å²) in [4.78, 5) is 29.5. The topological polar surface area (TPSA) is 88.5 Å². The zero-order valence-electron chi connectivity index (χ0n) is 17.5. The lowest BCUT2D eigenvalue weighted by Gasteiger charge is -2.25. The van der Waals surface area contributed by atoms with Crippen molar-refractivity contribution in [2.45, 2.75) is 32.4 Å². The molecule has 0 spiro atoms. The summed E-state index contributed by atoms with van der Waals surface area (Å²) in [6, 6.07) is 16.7. The number of carbonyl (C=O) groups is 2. The standard InChI is InChI=1S/C24H21ClN2O4S/c1-3-24(2,23(29)30)27-22(28)16-12-17(25)14-8-4-5-9-15(14)21(16)31-13-20-26-18-10-6-7-11-19(18)32-20/h4-12H,3,13H2,1-2H3,(H,27,28)(H,29,30). The fraction of sp³-hybridized carbons (Fsp3) is 0.208. The largest absolute Gasteiger partial charge is 0.485 e. The van der Waals surface area contributed by atoms with Crippen LogP contribution in [0.4, 0.5) is 0 Å². The highest BCUT2D eigenvalue weighted by molar-refractivity contribution is 7.18. The van der Waals surface area contributed by atoms with Gasteiger partial charge in [-0.05, 0) is 31.5 Å². The molecule has 0 aliphatic heterocycles. The van der Waals surface area contributed by atoms with Crippen molar-refractivity contribution in [3.8, 4) is 5.75 Å². The first-order chi connectivity index (χ1) is 15.3. The summed E-state index contributed by atoms with van der Waals surface area (Å²) in [7, 11) is 0. The lowest BCUT2D eigenvalue weighted by atomic mass is 9.97. The normalized spacial score (nSPS) is 13.1. The van der Waals surface area contributed by atoms with Crippen LogP contribution in [0.3, 0.4) is 0 Å². The van der Waals surface area contributed by atoms with E-state index in [0.717, 1.165) is 20.6 Å². The number of aromatic nitrogens is 1. The second-order valence-electron chi connectivity index (χ2n) is 7.59. The van der Waals surface area contributed by atoms with Gasteiger partial charge >= 0.3 is 5.97 Å². The summed E-state index contributed by atoms with van der Waals surface area (Å²) in [5.41, 5.74) is -0.356. The van der Waals surface area contributed by atoms with Gasteiger partial charge in [-0.1, -0.05) is 54.9 Å². The molecule has 8 heteroatoms. The molecule has 1 unspecified atom stereocenters. The van der Waals surface area contributed by atoms with Crippen LogP contribution >= 0.6 is 22.9 Å². The Kier molecular flexibility index (Phi) is 6.04. The Labute approximate surface area is 193 Å². The second kappa shape index (κ2) is 8.76. The van der Waals surface area contributed by atoms with Gasteiger partial charge in [-0.2, -0.15) is 0 Å². The maximum atomic E-state index is 13.2. The Morgan fingerprint density at radius 1 is 1.16 bits per heavy atom. The molecule has 3 aromatic carbocycles. The SMILES string of the molecule is CCC(C)(NC(=O)c1cc(Cl)c2ccccc2c1OCc1nc2ccccc2s1)C(=O)O. The van der Waals surface area contributed by atoms with E-state index in [2.05, 4.69) is 10.3 Å². The zero-order valence-corrected chi connectivity index (χ0v) is 19.1. The number of nitrogens with one attached hydrogen (secondary N) is 1. The number of hydrogen-bond donors (Lipinski definition) is 2. The molecular formula is C24H21ClN2O4S. The van der Waals surface area contributed by atoms with E-state index < -0.39 is 17.4 Å². The van der Waals surface area contributed by atoms with E-state index in [0.29, 0.717) is 16.2 Å². The van der Waals surface area contributed by atoms with Crippen molar-refractivity contribution in [2.75, 3.05) is 0 Å². The fourth-order valence-electron chi connectivity index (χ4n) is 3.36. The number of amides is 1. The number of carboxylic acid groups (broad SMARTS) is 1. The van der Waals surface area contributed by atoms with Gasteiger partial charge in [0.1, 0.15) is 22.9 Å². The van der Waals surface area contributed by atoms with Crippen molar-refractivity contribution in [3.63, 3.8) is 0 Å². The molecule has 6 nitrogen and oxygen atoms in total. The highest BCUT2D eigenvalue weighted by Crippen LogP contribution is 2.36. The number of hydrogen-bond acceptors (Lipinski definition) is 5. The van der Waals surface area contributed by atoms with Crippen LogP contribution in [0.25, 0.3) is 21.0 Å². The van der Waals surface area contributed by atoms with Gasteiger partial charge in [-0.15, -0.1) is 11.3 Å². The summed E-state index contributed by atoms with van der Waals surface area (Å²) < 4.78 is 7.18. The van der Waals surface area contributed by atoms with E-state index in [-0.39, 0.29) is 18.6 Å². The molecule has 1 heterocycles. The minimum Gasteiger partial charge on any atom is -0.485 e. The summed E-state index contributed by atoms with van der Waals surface area (Å²) in [6.45, 7) is 3.33. The number of aliphatic carboxylic acids is 1. The highest BCUT2D eigenvalue weighted by atomic mass is 35.5. The van der Waals surface area contributed by atoms with Crippen molar-refractivity contribution < 1.29 is 19.4 Å². The summed E-state index contributed by atoms with van der Waals surface area (Å²) in [6.07, 6.45) is 0.220. The molecule has 0 saturated heterocycles. The molecule has 164 valence electrons. The average molecular weight is 469 g/mol. The Morgan fingerprint density at radius 3 is 2.53 bits per heavy atom. The van der Waals surface area contributed by atoms with Gasteiger partial charge < -0.3 is 15.2 Å². The Bertz CT molecular complexity index is 1300. The monoisotopic (exact) mass is 468 g/mol. The van der Waals surface area contributed by atoms with Crippen LogP contribution < -0.4 is 10.1 Å². The van der Waals surface area contributed by atoms with Crippen molar-refractivity contribution >= 4 is 55.8 Å². The number of thiazole rings is 1. The number of para-hydroxylation sites is 1. The maximum Gasteiger partial charge on any atom is 0.329 e. The molecule has 0 radical (unpaired) electrons. The van der Waals surface area contributed by atoms with E-state index in [4.69, 9.17) is 16.3 Å². The van der Waals surface area contributed by atoms with Gasteiger partial charge in [0.05, 0.1) is 15.8 Å². The number of nitrogens with zero attached hydrogens (tertiary/aromatic N) is 1. The van der Waals surface area contributed by atoms with E-state index in [1.165, 1.54) is 24.3 Å². The van der Waals surface area contributed by atoms with Crippen LogP contribution in [-0.2, 0) is 11.4 Å². The smallest absolute Gasteiger partial charge is 0.329 e. The minimum absolute atomic E-state index is 0.162. The fourth-order valence-corrected chi connectivity index (χ4v) is 4.51. The van der Waals surface area contributed by atoms with E-state index >= 15 is 0 Å². The second-order valence-corrected chi connectivity index (χ2v) is 9.11. The third-order valence-electron chi connectivity index (χ3n) is 5.44. The summed E-state index contributed by atoms with van der Waals surface area (Å²) in [5, 5.41) is 14.7. The molecule has 0 fully saturated rings. The van der Waals surface area contributed by atoms with E-state index in [1.54, 1.807) is 6.92 Å². The summed E-state index contributed by atoms with van der Waals surface area (Å²) in [5.74, 6) is -1.34. The number of carboxylic acids is 1. The van der Waals surface area contributed by atoms with Crippen LogP contribution in [0, 0.1) is 0 Å². The highest BCUT2D eigenvalue weighted by Gasteiger charge is 2.34. The first-order valence-electron chi connectivity index (χ1n) is 10.1. The number of rotatable bonds is 7. The summed E-state index contributed by atoms with van der Waals surface area (Å²) >= 11 is 7.97. The number of fused-ring (bicyclic) bond motifs is 2. The molecule has 0 aliphatic carbocycles. The third kappa shape index (κ3) is 4.13. The third-order valence-corrected chi connectivity index (χ3v) is 6.76. The van der Waals surface area contributed by atoms with Crippen LogP contribution in [0.2, 0.25) is 5.02 Å². The van der Waals surface area contributed by atoms with Gasteiger partial charge in [-0.3, -0.25) is 4.79 Å². The molecule has 4 aromatic rings. The average Bonchev–Trinajstić information content (AvgIpc) is 3.21. The van der Waals surface area contributed by atoms with Crippen molar-refractivity contribution in [2.24, 2.45) is 0 Å². The predicted octanol–water partition coefficient (Wildman–Crippen LogP) is 5.67. The van der Waals surface area contributed by atoms with E-state index in [9.17, 15) is 14.7 Å². The molecule has 2 N–H and O–H groups in total. The van der Waals surface area contributed by atoms with Gasteiger partial charge in [0.25, 0.3) is 5.91 Å². The predicted molar refractivity (Wildman–Crippen MR) is 127 cm³/mol. The van der Waals surface area contributed by atoms with Crippen LogP contribution in [0.15, 0.2) is 54.6 Å². The van der Waals surface area contributed by atoms with Crippen molar-refractivity contribution in [1.82, 2.24) is 10.3 Å². The van der Waals surface area contributed by atoms with Crippen LogP contribution in [0.5, 0.6) is 5.75 Å². The number of carbonyl (C=O) groups excluding carboxylic acids is 1. The molecule has 32 heavy (non-hydrogen) atoms. The molecule has 4 rings (SSSR count). The first kappa shape index (κ1) is 22.0. The Morgan fingerprint density at radius 2 is 1.84 bits per heavy atom. The quantitative estimate of drug-likeness (QED) is 0.365. The molecule has 1 atom stereocenters. The van der Waals surface area contributed by atoms with Crippen LogP contribution in [0.1, 0.15) is 35.6 Å². The van der Waals surface area contributed by atoms with Crippen molar-refractivity contribution in [3.05, 3.63) is 70.2 Å². The molecule has 0 bridgehead atoms. The lowest BCUT2D eigenvalue weighted by molar-refractivity contribution is -0.143.